The first-order valence-corrected chi connectivity index (χ1v) is 7.70. The van der Waals surface area contributed by atoms with Crippen molar-refractivity contribution >= 4 is 11.6 Å². The monoisotopic (exact) mass is 293 g/mol. The van der Waals surface area contributed by atoms with Crippen molar-refractivity contribution in [3.8, 4) is 0 Å². The van der Waals surface area contributed by atoms with E-state index in [1.807, 2.05) is 18.2 Å². The minimum absolute atomic E-state index is 0.0666. The molecule has 1 fully saturated rings. The van der Waals surface area contributed by atoms with Crippen LogP contribution in [0.1, 0.15) is 28.7 Å². The number of rotatable bonds is 1. The van der Waals surface area contributed by atoms with Crippen LogP contribution in [0, 0.1) is 0 Å². The number of amides is 1. The predicted octanol–water partition coefficient (Wildman–Crippen LogP) is 1.89. The second-order valence-corrected chi connectivity index (χ2v) is 6.00. The quantitative estimate of drug-likeness (QED) is 0.789. The second kappa shape index (κ2) is 5.14. The first-order chi connectivity index (χ1) is 10.8. The van der Waals surface area contributed by atoms with Gasteiger partial charge in [0, 0.05) is 36.8 Å². The molecule has 0 radical (unpaired) electrons. The van der Waals surface area contributed by atoms with E-state index in [0.29, 0.717) is 12.2 Å². The highest BCUT2D eigenvalue weighted by Crippen LogP contribution is 2.42. The van der Waals surface area contributed by atoms with Crippen LogP contribution in [0.25, 0.3) is 0 Å². The fourth-order valence-electron chi connectivity index (χ4n) is 3.75. The normalized spacial score (nSPS) is 24.3. The summed E-state index contributed by atoms with van der Waals surface area (Å²) in [6, 6.07) is 16.2. The molecule has 4 rings (SSSR count). The van der Waals surface area contributed by atoms with Crippen LogP contribution in [0.5, 0.6) is 0 Å². The molecule has 2 aromatic carbocycles. The Morgan fingerprint density at radius 3 is 2.73 bits per heavy atom. The summed E-state index contributed by atoms with van der Waals surface area (Å²) < 4.78 is 0. The number of nitrogens with zero attached hydrogens (tertiary/aromatic N) is 1. The third-order valence-electron chi connectivity index (χ3n) is 4.75. The topological polar surface area (TPSA) is 58.4 Å². The third-order valence-corrected chi connectivity index (χ3v) is 4.75. The standard InChI is InChI=1S/C18H19N3O/c19-15-8-4-7-13-14(12-5-2-1-3-6-12)11-21-10-9-20-18(22)17(21)16(13)15/h1-8,14,17H,9-11,19H2,(H,20,22). The van der Waals surface area contributed by atoms with Crippen LogP contribution in [0.2, 0.25) is 0 Å². The predicted molar refractivity (Wildman–Crippen MR) is 86.5 cm³/mol. The number of nitrogens with one attached hydrogen (secondary N) is 1. The summed E-state index contributed by atoms with van der Waals surface area (Å²) in [6.45, 7) is 2.44. The van der Waals surface area contributed by atoms with Gasteiger partial charge in [0.05, 0.1) is 0 Å². The summed E-state index contributed by atoms with van der Waals surface area (Å²) in [5.74, 6) is 0.332. The Morgan fingerprint density at radius 1 is 1.09 bits per heavy atom. The Bertz CT molecular complexity index is 714. The van der Waals surface area contributed by atoms with Crippen LogP contribution in [-0.4, -0.2) is 30.4 Å². The van der Waals surface area contributed by atoms with E-state index >= 15 is 0 Å². The van der Waals surface area contributed by atoms with Crippen molar-refractivity contribution in [1.82, 2.24) is 10.2 Å². The Labute approximate surface area is 129 Å². The zero-order valence-electron chi connectivity index (χ0n) is 12.3. The molecule has 2 unspecified atom stereocenters. The minimum Gasteiger partial charge on any atom is -0.398 e. The summed E-state index contributed by atoms with van der Waals surface area (Å²) in [6.07, 6.45) is 0. The van der Waals surface area contributed by atoms with E-state index in [1.165, 1.54) is 11.1 Å². The van der Waals surface area contributed by atoms with Crippen LogP contribution in [0.3, 0.4) is 0 Å². The largest absolute Gasteiger partial charge is 0.398 e. The van der Waals surface area contributed by atoms with Gasteiger partial charge in [-0.05, 0) is 17.2 Å². The SMILES string of the molecule is Nc1cccc2c1C1C(=O)NCCN1CC2c1ccccc1. The lowest BCUT2D eigenvalue weighted by molar-refractivity contribution is -0.129. The molecule has 1 saturated heterocycles. The smallest absolute Gasteiger partial charge is 0.242 e. The molecular formula is C18H19N3O. The maximum absolute atomic E-state index is 12.4. The molecule has 4 nitrogen and oxygen atoms in total. The van der Waals surface area contributed by atoms with Crippen molar-refractivity contribution in [3.63, 3.8) is 0 Å². The van der Waals surface area contributed by atoms with Crippen molar-refractivity contribution in [1.29, 1.82) is 0 Å². The molecule has 2 aliphatic rings. The summed E-state index contributed by atoms with van der Waals surface area (Å²) in [7, 11) is 0. The fourth-order valence-corrected chi connectivity index (χ4v) is 3.75. The number of nitrogens with two attached hydrogens (primary N) is 1. The van der Waals surface area contributed by atoms with Crippen LogP contribution in [0.4, 0.5) is 5.69 Å². The van der Waals surface area contributed by atoms with E-state index in [2.05, 4.69) is 40.5 Å². The fraction of sp³-hybridized carbons (Fsp3) is 0.278. The molecule has 0 bridgehead atoms. The van der Waals surface area contributed by atoms with Gasteiger partial charge in [-0.15, -0.1) is 0 Å². The number of benzene rings is 2. The van der Waals surface area contributed by atoms with E-state index in [1.54, 1.807) is 0 Å². The highest BCUT2D eigenvalue weighted by molar-refractivity contribution is 5.87. The molecule has 3 N–H and O–H groups in total. The number of fused-ring (bicyclic) bond motifs is 3. The molecular weight excluding hydrogens is 274 g/mol. The minimum atomic E-state index is -0.245. The van der Waals surface area contributed by atoms with Gasteiger partial charge in [0.2, 0.25) is 5.91 Å². The maximum Gasteiger partial charge on any atom is 0.242 e. The van der Waals surface area contributed by atoms with Crippen LogP contribution in [0.15, 0.2) is 48.5 Å². The van der Waals surface area contributed by atoms with Gasteiger partial charge in [-0.2, -0.15) is 0 Å². The Kier molecular flexibility index (Phi) is 3.12. The lowest BCUT2D eigenvalue weighted by Crippen LogP contribution is -2.53. The van der Waals surface area contributed by atoms with Gasteiger partial charge in [-0.3, -0.25) is 9.69 Å². The summed E-state index contributed by atoms with van der Waals surface area (Å²) in [5.41, 5.74) is 10.4. The van der Waals surface area contributed by atoms with E-state index in [0.717, 1.165) is 18.7 Å². The molecule has 22 heavy (non-hydrogen) atoms. The summed E-state index contributed by atoms with van der Waals surface area (Å²) >= 11 is 0. The molecule has 0 spiro atoms. The number of hydrogen-bond donors (Lipinski definition) is 2. The van der Waals surface area contributed by atoms with Crippen LogP contribution in [-0.2, 0) is 4.79 Å². The van der Waals surface area contributed by atoms with Gasteiger partial charge < -0.3 is 11.1 Å². The zero-order valence-corrected chi connectivity index (χ0v) is 12.3. The third kappa shape index (κ3) is 1.99. The van der Waals surface area contributed by atoms with Gasteiger partial charge in [0.25, 0.3) is 0 Å². The number of carbonyl (C=O) groups excluding carboxylic acids is 1. The molecule has 2 aliphatic heterocycles. The molecule has 2 aromatic rings. The summed E-state index contributed by atoms with van der Waals surface area (Å²) in [4.78, 5) is 14.6. The van der Waals surface area contributed by atoms with Gasteiger partial charge in [0.1, 0.15) is 6.04 Å². The van der Waals surface area contributed by atoms with Crippen molar-refractivity contribution in [2.75, 3.05) is 25.4 Å². The Hall–Kier alpha value is -2.33. The first-order valence-electron chi connectivity index (χ1n) is 7.70. The molecule has 0 aliphatic carbocycles. The highest BCUT2D eigenvalue weighted by atomic mass is 16.2. The van der Waals surface area contributed by atoms with Crippen molar-refractivity contribution < 1.29 is 4.79 Å². The highest BCUT2D eigenvalue weighted by Gasteiger charge is 2.40. The number of anilines is 1. The van der Waals surface area contributed by atoms with E-state index < -0.39 is 0 Å². The maximum atomic E-state index is 12.4. The molecule has 2 heterocycles. The zero-order chi connectivity index (χ0) is 15.1. The van der Waals surface area contributed by atoms with Crippen molar-refractivity contribution in [2.24, 2.45) is 0 Å². The molecule has 0 saturated carbocycles. The number of hydrogen-bond acceptors (Lipinski definition) is 3. The lowest BCUT2D eigenvalue weighted by atomic mass is 9.80. The van der Waals surface area contributed by atoms with Gasteiger partial charge >= 0.3 is 0 Å². The molecule has 4 heteroatoms. The number of nitrogen functional groups attached to an aromatic ring is 1. The van der Waals surface area contributed by atoms with Gasteiger partial charge in [-0.1, -0.05) is 42.5 Å². The molecule has 112 valence electrons. The molecule has 2 atom stereocenters. The van der Waals surface area contributed by atoms with Crippen LogP contribution >= 0.6 is 0 Å². The first kappa shape index (κ1) is 13.3. The molecule has 0 aromatic heterocycles. The van der Waals surface area contributed by atoms with Gasteiger partial charge in [-0.25, -0.2) is 0 Å². The van der Waals surface area contributed by atoms with Crippen molar-refractivity contribution in [2.45, 2.75) is 12.0 Å². The van der Waals surface area contributed by atoms with Crippen LogP contribution < -0.4 is 11.1 Å². The van der Waals surface area contributed by atoms with E-state index in [4.69, 9.17) is 5.73 Å². The Balaban J connectivity index is 1.88. The number of piperazine rings is 1. The van der Waals surface area contributed by atoms with Gasteiger partial charge in [0.15, 0.2) is 0 Å². The second-order valence-electron chi connectivity index (χ2n) is 6.00. The van der Waals surface area contributed by atoms with E-state index in [-0.39, 0.29) is 17.9 Å². The van der Waals surface area contributed by atoms with Crippen molar-refractivity contribution in [3.05, 3.63) is 65.2 Å². The summed E-state index contributed by atoms with van der Waals surface area (Å²) in [5, 5.41) is 2.97. The lowest BCUT2D eigenvalue weighted by Gasteiger charge is -2.43. The number of carbonyl (C=O) groups is 1. The Morgan fingerprint density at radius 2 is 1.91 bits per heavy atom. The van der Waals surface area contributed by atoms with E-state index in [9.17, 15) is 4.79 Å². The molecule has 1 amide bonds. The average Bonchev–Trinajstić information content (AvgIpc) is 2.55. The average molecular weight is 293 g/mol.